The van der Waals surface area contributed by atoms with E-state index in [1.54, 1.807) is 0 Å². The third kappa shape index (κ3) is 5.26. The maximum Gasteiger partial charge on any atom is 0.261 e. The van der Waals surface area contributed by atoms with Crippen LogP contribution >= 0.6 is 11.3 Å². The van der Waals surface area contributed by atoms with E-state index in [2.05, 4.69) is 43.3 Å². The molecule has 0 fully saturated rings. The molecule has 6 heteroatoms. The second-order valence-corrected chi connectivity index (χ2v) is 8.71. The van der Waals surface area contributed by atoms with Crippen LogP contribution in [0.1, 0.15) is 50.2 Å². The third-order valence-corrected chi connectivity index (χ3v) is 5.94. The van der Waals surface area contributed by atoms with Gasteiger partial charge in [-0.25, -0.2) is 0 Å². The molecule has 0 aliphatic heterocycles. The minimum atomic E-state index is -0.0575. The fourth-order valence-electron chi connectivity index (χ4n) is 3.34. The summed E-state index contributed by atoms with van der Waals surface area (Å²) in [5, 5.41) is 9.51. The van der Waals surface area contributed by atoms with Gasteiger partial charge < -0.3 is 10.1 Å². The quantitative estimate of drug-likeness (QED) is 0.603. The Morgan fingerprint density at radius 3 is 2.62 bits per heavy atom. The first-order chi connectivity index (χ1) is 13.7. The normalized spacial score (nSPS) is 12.1. The van der Waals surface area contributed by atoms with Crippen LogP contribution in [0.15, 0.2) is 29.6 Å². The van der Waals surface area contributed by atoms with Gasteiger partial charge in [0.1, 0.15) is 12.4 Å². The fourth-order valence-corrected chi connectivity index (χ4v) is 4.14. The zero-order valence-electron chi connectivity index (χ0n) is 18.0. The number of hydrogen-bond acceptors (Lipinski definition) is 4. The highest BCUT2D eigenvalue weighted by molar-refractivity contribution is 7.12. The van der Waals surface area contributed by atoms with Crippen LogP contribution < -0.4 is 10.1 Å². The fraction of sp³-hybridized carbons (Fsp3) is 0.391. The van der Waals surface area contributed by atoms with Crippen LogP contribution in [0.4, 0.5) is 0 Å². The highest BCUT2D eigenvalue weighted by Crippen LogP contribution is 2.25. The topological polar surface area (TPSA) is 56.1 Å². The van der Waals surface area contributed by atoms with Crippen LogP contribution in [-0.2, 0) is 13.2 Å². The van der Waals surface area contributed by atoms with Gasteiger partial charge in [-0.15, -0.1) is 11.3 Å². The number of rotatable bonds is 7. The van der Waals surface area contributed by atoms with Crippen molar-refractivity contribution in [3.05, 3.63) is 68.2 Å². The smallest absolute Gasteiger partial charge is 0.261 e. The molecule has 1 N–H and O–H groups in total. The molecular weight excluding hydrogens is 382 g/mol. The van der Waals surface area contributed by atoms with Crippen LogP contribution in [-0.4, -0.2) is 21.7 Å². The van der Waals surface area contributed by atoms with Gasteiger partial charge in [0.05, 0.1) is 17.1 Å². The number of aromatic nitrogens is 2. The summed E-state index contributed by atoms with van der Waals surface area (Å²) in [5.41, 5.74) is 6.66. The molecule has 0 spiro atoms. The van der Waals surface area contributed by atoms with Crippen LogP contribution in [0.5, 0.6) is 5.75 Å². The lowest BCUT2D eigenvalue weighted by atomic mass is 10.1. The van der Waals surface area contributed by atoms with E-state index in [1.807, 2.05) is 43.0 Å². The maximum absolute atomic E-state index is 12.6. The summed E-state index contributed by atoms with van der Waals surface area (Å²) in [4.78, 5) is 13.3. The molecule has 0 saturated heterocycles. The molecule has 2 heterocycles. The number of ether oxygens (including phenoxy) is 1. The zero-order valence-corrected chi connectivity index (χ0v) is 18.8. The molecular formula is C23H29N3O2S. The van der Waals surface area contributed by atoms with Crippen molar-refractivity contribution < 1.29 is 9.53 Å². The number of hydrogen-bond donors (Lipinski definition) is 1. The Bertz CT molecular complexity index is 1020. The predicted octanol–water partition coefficient (Wildman–Crippen LogP) is 4.88. The first-order valence-corrected chi connectivity index (χ1v) is 10.7. The number of amides is 1. The molecule has 0 saturated carbocycles. The SMILES string of the molecule is Cc1cc(C)c(C)c(OCc2csc(C(=O)NC(C)Cn3nc(C)cc3C)c2)c1. The van der Waals surface area contributed by atoms with Gasteiger partial charge in [-0.2, -0.15) is 5.10 Å². The maximum atomic E-state index is 12.6. The number of nitrogens with zero attached hydrogens (tertiary/aromatic N) is 2. The molecule has 154 valence electrons. The van der Waals surface area contributed by atoms with Crippen molar-refractivity contribution in [3.8, 4) is 5.75 Å². The molecule has 1 atom stereocenters. The van der Waals surface area contributed by atoms with Crippen LogP contribution in [0, 0.1) is 34.6 Å². The van der Waals surface area contributed by atoms with Gasteiger partial charge in [0, 0.05) is 17.3 Å². The van der Waals surface area contributed by atoms with E-state index in [1.165, 1.54) is 22.5 Å². The minimum Gasteiger partial charge on any atom is -0.489 e. The van der Waals surface area contributed by atoms with Gasteiger partial charge >= 0.3 is 0 Å². The molecule has 1 amide bonds. The summed E-state index contributed by atoms with van der Waals surface area (Å²) >= 11 is 1.44. The summed E-state index contributed by atoms with van der Waals surface area (Å²) in [7, 11) is 0. The van der Waals surface area contributed by atoms with Crippen molar-refractivity contribution in [1.29, 1.82) is 0 Å². The lowest BCUT2D eigenvalue weighted by molar-refractivity contribution is 0.0940. The monoisotopic (exact) mass is 411 g/mol. The second-order valence-electron chi connectivity index (χ2n) is 7.80. The van der Waals surface area contributed by atoms with Gasteiger partial charge in [0.25, 0.3) is 5.91 Å². The van der Waals surface area contributed by atoms with Crippen LogP contribution in [0.2, 0.25) is 0 Å². The Morgan fingerprint density at radius 1 is 1.17 bits per heavy atom. The van der Waals surface area contributed by atoms with Crippen LogP contribution in [0.3, 0.4) is 0 Å². The molecule has 0 radical (unpaired) electrons. The molecule has 3 rings (SSSR count). The van der Waals surface area contributed by atoms with E-state index < -0.39 is 0 Å². The summed E-state index contributed by atoms with van der Waals surface area (Å²) in [6.45, 7) is 13.3. The van der Waals surface area contributed by atoms with Crippen molar-refractivity contribution in [3.63, 3.8) is 0 Å². The van der Waals surface area contributed by atoms with E-state index >= 15 is 0 Å². The first kappa shape index (κ1) is 21.1. The van der Waals surface area contributed by atoms with Crippen molar-refractivity contribution in [1.82, 2.24) is 15.1 Å². The molecule has 1 aromatic carbocycles. The first-order valence-electron chi connectivity index (χ1n) is 9.83. The Hall–Kier alpha value is -2.60. The minimum absolute atomic E-state index is 0.0137. The Balaban J connectivity index is 1.58. The third-order valence-electron chi connectivity index (χ3n) is 4.96. The molecule has 0 bridgehead atoms. The molecule has 2 aromatic heterocycles. The highest BCUT2D eigenvalue weighted by Gasteiger charge is 2.14. The molecule has 0 aliphatic carbocycles. The number of carbonyl (C=O) groups is 1. The standard InChI is InChI=1S/C23H29N3O2S/c1-14-7-15(2)19(6)21(8-14)28-12-20-10-22(29-13-20)23(27)24-17(4)11-26-18(5)9-16(3)25-26/h7-10,13,17H,11-12H2,1-6H3,(H,24,27). The lowest BCUT2D eigenvalue weighted by Gasteiger charge is -2.14. The number of nitrogens with one attached hydrogen (secondary N) is 1. The number of benzene rings is 1. The van der Waals surface area contributed by atoms with Crippen molar-refractivity contribution in [2.75, 3.05) is 0 Å². The van der Waals surface area contributed by atoms with Crippen molar-refractivity contribution >= 4 is 17.2 Å². The van der Waals surface area contributed by atoms with E-state index in [-0.39, 0.29) is 11.9 Å². The Morgan fingerprint density at radius 2 is 1.93 bits per heavy atom. The van der Waals surface area contributed by atoms with Gasteiger partial charge in [0.2, 0.25) is 0 Å². The van der Waals surface area contributed by atoms with E-state index in [0.29, 0.717) is 18.0 Å². The van der Waals surface area contributed by atoms with Gasteiger partial charge in [-0.05, 0) is 81.8 Å². The molecule has 0 aliphatic rings. The highest BCUT2D eigenvalue weighted by atomic mass is 32.1. The van der Waals surface area contributed by atoms with Crippen LogP contribution in [0.25, 0.3) is 0 Å². The predicted molar refractivity (Wildman–Crippen MR) is 118 cm³/mol. The van der Waals surface area contributed by atoms with E-state index in [4.69, 9.17) is 4.74 Å². The summed E-state index contributed by atoms with van der Waals surface area (Å²) in [6, 6.07) is 8.15. The number of aryl methyl sites for hydroxylation is 4. The Kier molecular flexibility index (Phi) is 6.42. The summed E-state index contributed by atoms with van der Waals surface area (Å²) in [6.07, 6.45) is 0. The van der Waals surface area contributed by atoms with Gasteiger partial charge in [0.15, 0.2) is 0 Å². The van der Waals surface area contributed by atoms with Gasteiger partial charge in [-0.3, -0.25) is 9.48 Å². The summed E-state index contributed by atoms with van der Waals surface area (Å²) in [5.74, 6) is 0.844. The van der Waals surface area contributed by atoms with E-state index in [9.17, 15) is 4.79 Å². The molecule has 29 heavy (non-hydrogen) atoms. The zero-order chi connectivity index (χ0) is 21.1. The van der Waals surface area contributed by atoms with Crippen molar-refractivity contribution in [2.45, 2.75) is 60.7 Å². The molecule has 1 unspecified atom stereocenters. The number of thiophene rings is 1. The number of carbonyl (C=O) groups excluding carboxylic acids is 1. The Labute approximate surface area is 176 Å². The average Bonchev–Trinajstić information content (AvgIpc) is 3.23. The van der Waals surface area contributed by atoms with Crippen molar-refractivity contribution in [2.24, 2.45) is 0 Å². The largest absolute Gasteiger partial charge is 0.489 e. The summed E-state index contributed by atoms with van der Waals surface area (Å²) < 4.78 is 7.95. The molecule has 5 nitrogen and oxygen atoms in total. The molecule has 3 aromatic rings. The van der Waals surface area contributed by atoms with Gasteiger partial charge in [-0.1, -0.05) is 6.07 Å². The lowest BCUT2D eigenvalue weighted by Crippen LogP contribution is -2.35. The van der Waals surface area contributed by atoms with E-state index in [0.717, 1.165) is 28.3 Å². The average molecular weight is 412 g/mol. The second kappa shape index (κ2) is 8.82.